The van der Waals surface area contributed by atoms with Crippen LogP contribution in [0.1, 0.15) is 22.4 Å². The van der Waals surface area contributed by atoms with Crippen LogP contribution in [0, 0.1) is 0 Å². The molecule has 0 bridgehead atoms. The molecule has 3 heterocycles. The maximum absolute atomic E-state index is 4.81. The maximum atomic E-state index is 4.81. The first-order valence-corrected chi connectivity index (χ1v) is 11.4. The van der Waals surface area contributed by atoms with E-state index in [1.165, 1.54) is 33.4 Å². The van der Waals surface area contributed by atoms with Gasteiger partial charge in [-0.15, -0.1) is 0 Å². The number of fused-ring (bicyclic) bond motifs is 2. The third-order valence-corrected chi connectivity index (χ3v) is 6.82. The lowest BCUT2D eigenvalue weighted by Crippen LogP contribution is -2.43. The van der Waals surface area contributed by atoms with E-state index in [-0.39, 0.29) is 0 Å². The molecule has 6 rings (SSSR count). The molecule has 0 unspecified atom stereocenters. The Morgan fingerprint density at radius 1 is 0.906 bits per heavy atom. The number of aromatic nitrogens is 3. The highest BCUT2D eigenvalue weighted by atomic mass is 15.2. The fourth-order valence-corrected chi connectivity index (χ4v) is 4.88. The molecule has 4 aromatic rings. The second-order valence-corrected chi connectivity index (χ2v) is 8.95. The van der Waals surface area contributed by atoms with E-state index in [0.29, 0.717) is 0 Å². The van der Waals surface area contributed by atoms with Crippen molar-refractivity contribution in [3.63, 3.8) is 0 Å². The van der Waals surface area contributed by atoms with Crippen molar-refractivity contribution < 1.29 is 0 Å². The number of likely N-dealkylation sites (N-methyl/N-ethyl adjacent to an activating group) is 1. The molecule has 0 amide bonds. The fraction of sp³-hybridized carbons (Fsp3) is 0.259. The molecule has 1 N–H and O–H groups in total. The molecule has 0 radical (unpaired) electrons. The Morgan fingerprint density at radius 3 is 2.59 bits per heavy atom. The molecule has 0 spiro atoms. The molecule has 0 atom stereocenters. The molecule has 0 saturated carbocycles. The van der Waals surface area contributed by atoms with Gasteiger partial charge in [0.15, 0.2) is 0 Å². The van der Waals surface area contributed by atoms with Gasteiger partial charge in [0.2, 0.25) is 0 Å². The average Bonchev–Trinajstić information content (AvgIpc) is 3.48. The molecule has 1 aliphatic heterocycles. The number of rotatable bonds is 4. The van der Waals surface area contributed by atoms with E-state index in [0.717, 1.165) is 55.7 Å². The fourth-order valence-electron chi connectivity index (χ4n) is 4.88. The number of hydrogen-bond donors (Lipinski definition) is 1. The molecule has 1 fully saturated rings. The predicted octanol–water partition coefficient (Wildman–Crippen LogP) is 4.36. The molecule has 2 aromatic heterocycles. The lowest BCUT2D eigenvalue weighted by Gasteiger charge is -2.32. The molecule has 160 valence electrons. The summed E-state index contributed by atoms with van der Waals surface area (Å²) < 4.78 is 0. The smallest absolute Gasteiger partial charge is 0.0656 e. The van der Waals surface area contributed by atoms with Gasteiger partial charge in [0.25, 0.3) is 0 Å². The Kier molecular flexibility index (Phi) is 4.86. The summed E-state index contributed by atoms with van der Waals surface area (Å²) in [7, 11) is 2.20. The highest BCUT2D eigenvalue weighted by molar-refractivity contribution is 5.98. The zero-order valence-corrected chi connectivity index (χ0v) is 18.4. The molecule has 2 aromatic carbocycles. The number of benzene rings is 2. The Labute approximate surface area is 188 Å². The van der Waals surface area contributed by atoms with Crippen LogP contribution < -0.4 is 0 Å². The molecule has 5 heteroatoms. The number of nitrogens with zero attached hydrogens (tertiary/aromatic N) is 4. The van der Waals surface area contributed by atoms with Crippen LogP contribution in [0.15, 0.2) is 67.0 Å². The second kappa shape index (κ2) is 8.01. The largest absolute Gasteiger partial charge is 0.304 e. The van der Waals surface area contributed by atoms with Crippen LogP contribution >= 0.6 is 0 Å². The SMILES string of the molecule is CN1CCN(Cc2ccc(-c3cnc4c(c3)C(c3cccc5[nH]ncc35)=CC4)cc2)CC1. The number of hydrogen-bond acceptors (Lipinski definition) is 4. The lowest BCUT2D eigenvalue weighted by atomic mass is 9.95. The van der Waals surface area contributed by atoms with E-state index < -0.39 is 0 Å². The Balaban J connectivity index is 1.26. The first-order chi connectivity index (χ1) is 15.7. The summed E-state index contributed by atoms with van der Waals surface area (Å²) in [4.78, 5) is 9.75. The third-order valence-electron chi connectivity index (χ3n) is 6.82. The first kappa shape index (κ1) is 19.4. The molecule has 2 aliphatic rings. The van der Waals surface area contributed by atoms with Gasteiger partial charge in [-0.25, -0.2) is 0 Å². The van der Waals surface area contributed by atoms with E-state index in [1.807, 2.05) is 12.4 Å². The monoisotopic (exact) mass is 421 g/mol. The van der Waals surface area contributed by atoms with Crippen LogP contribution in [0.2, 0.25) is 0 Å². The van der Waals surface area contributed by atoms with Crippen molar-refractivity contribution in [3.05, 3.63) is 89.4 Å². The van der Waals surface area contributed by atoms with Gasteiger partial charge in [0.1, 0.15) is 0 Å². The number of aromatic amines is 1. The van der Waals surface area contributed by atoms with Gasteiger partial charge in [-0.05, 0) is 41.4 Å². The second-order valence-electron chi connectivity index (χ2n) is 8.95. The van der Waals surface area contributed by atoms with Crippen molar-refractivity contribution in [2.75, 3.05) is 33.2 Å². The van der Waals surface area contributed by atoms with E-state index >= 15 is 0 Å². The van der Waals surface area contributed by atoms with Crippen LogP contribution in [0.3, 0.4) is 0 Å². The molecule has 1 saturated heterocycles. The maximum Gasteiger partial charge on any atom is 0.0656 e. The van der Waals surface area contributed by atoms with Gasteiger partial charge >= 0.3 is 0 Å². The zero-order chi connectivity index (χ0) is 21.5. The van der Waals surface area contributed by atoms with Crippen LogP contribution in [-0.4, -0.2) is 58.2 Å². The number of nitrogens with one attached hydrogen (secondary N) is 1. The minimum absolute atomic E-state index is 0.878. The average molecular weight is 422 g/mol. The van der Waals surface area contributed by atoms with Crippen LogP contribution in [0.5, 0.6) is 0 Å². The van der Waals surface area contributed by atoms with E-state index in [4.69, 9.17) is 4.98 Å². The summed E-state index contributed by atoms with van der Waals surface area (Å²) in [6.07, 6.45) is 7.11. The highest BCUT2D eigenvalue weighted by Gasteiger charge is 2.20. The minimum atomic E-state index is 0.878. The van der Waals surface area contributed by atoms with Gasteiger partial charge in [-0.3, -0.25) is 15.0 Å². The van der Waals surface area contributed by atoms with Gasteiger partial charge < -0.3 is 4.90 Å². The van der Waals surface area contributed by atoms with Gasteiger partial charge in [-0.2, -0.15) is 5.10 Å². The highest BCUT2D eigenvalue weighted by Crippen LogP contribution is 2.37. The molecular formula is C27H27N5. The summed E-state index contributed by atoms with van der Waals surface area (Å²) in [6, 6.07) is 17.7. The normalized spacial score (nSPS) is 17.0. The van der Waals surface area contributed by atoms with Crippen molar-refractivity contribution in [2.45, 2.75) is 13.0 Å². The van der Waals surface area contributed by atoms with Crippen molar-refractivity contribution >= 4 is 16.5 Å². The van der Waals surface area contributed by atoms with Crippen LogP contribution in [0.25, 0.3) is 27.6 Å². The Hall–Kier alpha value is -3.28. The molecule has 1 aliphatic carbocycles. The quantitative estimate of drug-likeness (QED) is 0.532. The third kappa shape index (κ3) is 3.53. The summed E-state index contributed by atoms with van der Waals surface area (Å²) >= 11 is 0. The van der Waals surface area contributed by atoms with E-state index in [9.17, 15) is 0 Å². The van der Waals surface area contributed by atoms with E-state index in [2.05, 4.69) is 81.7 Å². The summed E-state index contributed by atoms with van der Waals surface area (Å²) in [5.74, 6) is 0. The van der Waals surface area contributed by atoms with Crippen molar-refractivity contribution in [1.82, 2.24) is 25.0 Å². The number of allylic oxidation sites excluding steroid dienone is 1. The summed E-state index contributed by atoms with van der Waals surface area (Å²) in [6.45, 7) is 5.62. The predicted molar refractivity (Wildman–Crippen MR) is 129 cm³/mol. The van der Waals surface area contributed by atoms with Crippen molar-refractivity contribution in [3.8, 4) is 11.1 Å². The molecular weight excluding hydrogens is 394 g/mol. The Bertz CT molecular complexity index is 1290. The standard InChI is InChI=1S/C27H27N5/c1-31-11-13-32(14-12-31)18-19-5-7-20(8-6-19)21-15-24-23(9-10-26(24)28-16-21)22-3-2-4-27-25(22)17-29-30-27/h2-9,15-17H,10-14,18H2,1H3,(H,29,30). The summed E-state index contributed by atoms with van der Waals surface area (Å²) in [5.41, 5.74) is 9.69. The zero-order valence-electron chi connectivity index (χ0n) is 18.4. The van der Waals surface area contributed by atoms with Gasteiger partial charge in [0.05, 0.1) is 17.4 Å². The topological polar surface area (TPSA) is 48.0 Å². The van der Waals surface area contributed by atoms with Gasteiger partial charge in [-0.1, -0.05) is 42.5 Å². The Morgan fingerprint density at radius 2 is 1.75 bits per heavy atom. The lowest BCUT2D eigenvalue weighted by molar-refractivity contribution is 0.148. The first-order valence-electron chi connectivity index (χ1n) is 11.4. The summed E-state index contributed by atoms with van der Waals surface area (Å²) in [5, 5.41) is 8.47. The van der Waals surface area contributed by atoms with Crippen LogP contribution in [-0.2, 0) is 13.0 Å². The number of piperazine rings is 1. The van der Waals surface area contributed by atoms with Crippen molar-refractivity contribution in [1.29, 1.82) is 0 Å². The van der Waals surface area contributed by atoms with Gasteiger partial charge in [0, 0.05) is 61.9 Å². The van der Waals surface area contributed by atoms with Crippen molar-refractivity contribution in [2.24, 2.45) is 0 Å². The number of pyridine rings is 1. The number of H-pyrrole nitrogens is 1. The van der Waals surface area contributed by atoms with Crippen LogP contribution in [0.4, 0.5) is 0 Å². The minimum Gasteiger partial charge on any atom is -0.304 e. The molecule has 32 heavy (non-hydrogen) atoms. The van der Waals surface area contributed by atoms with E-state index in [1.54, 1.807) is 0 Å². The molecule has 5 nitrogen and oxygen atoms in total.